The van der Waals surface area contributed by atoms with Gasteiger partial charge in [0.1, 0.15) is 11.8 Å². The van der Waals surface area contributed by atoms with E-state index in [1.807, 2.05) is 0 Å². The number of hydrogen-bond donors (Lipinski definition) is 2. The fourth-order valence-electron chi connectivity index (χ4n) is 2.61. The molecular formula is C9H4Cl4F2O4. The first-order valence-corrected chi connectivity index (χ1v) is 6.24. The summed E-state index contributed by atoms with van der Waals surface area (Å²) in [6.45, 7) is 0. The second-order valence-electron chi connectivity index (χ2n) is 4.26. The van der Waals surface area contributed by atoms with Crippen LogP contribution in [0.5, 0.6) is 0 Å². The van der Waals surface area contributed by atoms with Crippen molar-refractivity contribution in [3.63, 3.8) is 0 Å². The largest absolute Gasteiger partial charge is 0.481 e. The molecule has 4 atom stereocenters. The third kappa shape index (κ3) is 1.31. The molecule has 106 valence electrons. The van der Waals surface area contributed by atoms with Crippen LogP contribution >= 0.6 is 46.4 Å². The van der Waals surface area contributed by atoms with Gasteiger partial charge in [0.05, 0.1) is 10.1 Å². The molecular weight excluding hydrogens is 352 g/mol. The standard InChI is InChI=1S/C9H4Cl4F2O4/c10-3-4(11)8(13)2(6(18)19)1(5(16)17)7(3,12)9(8,14)15/h1-2H,(H,16,17)(H,18,19). The Morgan fingerprint density at radius 1 is 0.947 bits per heavy atom. The van der Waals surface area contributed by atoms with E-state index in [1.54, 1.807) is 0 Å². The van der Waals surface area contributed by atoms with Gasteiger partial charge >= 0.3 is 11.9 Å². The highest BCUT2D eigenvalue weighted by atomic mass is 35.5. The Hall–Kier alpha value is -0.300. The van der Waals surface area contributed by atoms with Crippen LogP contribution in [0.25, 0.3) is 0 Å². The molecule has 2 rings (SSSR count). The summed E-state index contributed by atoms with van der Waals surface area (Å²) in [5.41, 5.74) is 0. The first-order chi connectivity index (χ1) is 8.45. The van der Waals surface area contributed by atoms with Crippen molar-refractivity contribution in [1.29, 1.82) is 0 Å². The molecule has 0 radical (unpaired) electrons. The number of fused-ring (bicyclic) bond motifs is 2. The van der Waals surface area contributed by atoms with Gasteiger partial charge in [-0.2, -0.15) is 0 Å². The van der Waals surface area contributed by atoms with Crippen LogP contribution in [0.3, 0.4) is 0 Å². The van der Waals surface area contributed by atoms with Gasteiger partial charge < -0.3 is 10.2 Å². The predicted octanol–water partition coefficient (Wildman–Crippen LogP) is 2.69. The van der Waals surface area contributed by atoms with Crippen LogP contribution in [-0.2, 0) is 9.59 Å². The molecule has 2 N–H and O–H groups in total. The number of allylic oxidation sites excluding steroid dienone is 2. The van der Waals surface area contributed by atoms with Gasteiger partial charge in [-0.25, -0.2) is 8.78 Å². The monoisotopic (exact) mass is 354 g/mol. The van der Waals surface area contributed by atoms with Gasteiger partial charge in [-0.3, -0.25) is 9.59 Å². The summed E-state index contributed by atoms with van der Waals surface area (Å²) >= 11 is 22.5. The Balaban J connectivity index is 2.84. The minimum Gasteiger partial charge on any atom is -0.481 e. The van der Waals surface area contributed by atoms with Crippen LogP contribution in [0.4, 0.5) is 8.78 Å². The molecule has 0 saturated heterocycles. The van der Waals surface area contributed by atoms with Gasteiger partial charge in [-0.1, -0.05) is 23.2 Å². The lowest BCUT2D eigenvalue weighted by Gasteiger charge is -2.30. The summed E-state index contributed by atoms with van der Waals surface area (Å²) in [5.74, 6) is -12.2. The Labute approximate surface area is 124 Å². The normalized spacial score (nSPS) is 43.7. The van der Waals surface area contributed by atoms with Crippen molar-refractivity contribution in [2.45, 2.75) is 15.7 Å². The van der Waals surface area contributed by atoms with E-state index in [1.165, 1.54) is 0 Å². The molecule has 10 heteroatoms. The molecule has 0 heterocycles. The predicted molar refractivity (Wildman–Crippen MR) is 63.1 cm³/mol. The average Bonchev–Trinajstić information content (AvgIpc) is 2.48. The Morgan fingerprint density at radius 2 is 1.21 bits per heavy atom. The average molecular weight is 356 g/mol. The van der Waals surface area contributed by atoms with E-state index < -0.39 is 49.5 Å². The molecule has 0 aromatic rings. The zero-order valence-electron chi connectivity index (χ0n) is 8.63. The molecule has 2 aliphatic carbocycles. The van der Waals surface area contributed by atoms with Crippen molar-refractivity contribution in [3.8, 4) is 0 Å². The number of carboxylic acids is 2. The van der Waals surface area contributed by atoms with Crippen LogP contribution in [0.15, 0.2) is 10.1 Å². The van der Waals surface area contributed by atoms with Gasteiger partial charge in [-0.05, 0) is 0 Å². The Morgan fingerprint density at radius 3 is 1.42 bits per heavy atom. The van der Waals surface area contributed by atoms with Gasteiger partial charge in [-0.15, -0.1) is 23.2 Å². The maximum absolute atomic E-state index is 14.3. The molecule has 0 spiro atoms. The maximum Gasteiger partial charge on any atom is 0.309 e. The minimum atomic E-state index is -4.12. The summed E-state index contributed by atoms with van der Waals surface area (Å²) in [5, 5.41) is 16.3. The topological polar surface area (TPSA) is 74.6 Å². The summed E-state index contributed by atoms with van der Waals surface area (Å²) in [7, 11) is 0. The van der Waals surface area contributed by atoms with E-state index in [-0.39, 0.29) is 0 Å². The highest BCUT2D eigenvalue weighted by molar-refractivity contribution is 6.53. The molecule has 4 unspecified atom stereocenters. The zero-order chi connectivity index (χ0) is 15.0. The molecule has 0 aromatic heterocycles. The van der Waals surface area contributed by atoms with Crippen molar-refractivity contribution >= 4 is 58.3 Å². The molecule has 4 nitrogen and oxygen atoms in total. The lowest BCUT2D eigenvalue weighted by atomic mass is 9.82. The lowest BCUT2D eigenvalue weighted by Crippen LogP contribution is -2.47. The van der Waals surface area contributed by atoms with Gasteiger partial charge in [0.15, 0.2) is 9.75 Å². The number of carbonyl (C=O) groups is 2. The number of hydrogen-bond acceptors (Lipinski definition) is 2. The number of halogens is 6. The first kappa shape index (κ1) is 15.1. The van der Waals surface area contributed by atoms with Gasteiger partial charge in [0.25, 0.3) is 5.92 Å². The molecule has 2 aliphatic rings. The van der Waals surface area contributed by atoms with Crippen molar-refractivity contribution in [1.82, 2.24) is 0 Å². The number of alkyl halides is 4. The number of rotatable bonds is 2. The fourth-order valence-corrected chi connectivity index (χ4v) is 4.45. The molecule has 19 heavy (non-hydrogen) atoms. The van der Waals surface area contributed by atoms with Crippen LogP contribution < -0.4 is 0 Å². The molecule has 0 amide bonds. The van der Waals surface area contributed by atoms with E-state index >= 15 is 0 Å². The van der Waals surface area contributed by atoms with E-state index in [0.29, 0.717) is 0 Å². The minimum absolute atomic E-state index is 0.833. The van der Waals surface area contributed by atoms with Gasteiger partial charge in [0, 0.05) is 0 Å². The van der Waals surface area contributed by atoms with Crippen molar-refractivity contribution in [3.05, 3.63) is 10.1 Å². The van der Waals surface area contributed by atoms with E-state index in [0.717, 1.165) is 0 Å². The van der Waals surface area contributed by atoms with Crippen molar-refractivity contribution < 1.29 is 28.6 Å². The second-order valence-corrected chi connectivity index (χ2v) is 6.21. The number of carboxylic acid groups (broad SMARTS) is 2. The van der Waals surface area contributed by atoms with E-state index in [4.69, 9.17) is 56.6 Å². The summed E-state index contributed by atoms with van der Waals surface area (Å²) in [6.07, 6.45) is 0. The van der Waals surface area contributed by atoms with E-state index in [9.17, 15) is 18.4 Å². The third-order valence-corrected chi connectivity index (χ3v) is 6.06. The summed E-state index contributed by atoms with van der Waals surface area (Å²) in [4.78, 5) is 16.3. The van der Waals surface area contributed by atoms with Gasteiger partial charge in [0.2, 0.25) is 0 Å². The van der Waals surface area contributed by atoms with Crippen LogP contribution in [-0.4, -0.2) is 37.8 Å². The smallest absolute Gasteiger partial charge is 0.309 e. The lowest BCUT2D eigenvalue weighted by molar-refractivity contribution is -0.153. The number of aliphatic carboxylic acids is 2. The van der Waals surface area contributed by atoms with Crippen LogP contribution in [0, 0.1) is 11.8 Å². The molecule has 0 aliphatic heterocycles. The molecule has 0 aromatic carbocycles. The maximum atomic E-state index is 14.3. The zero-order valence-corrected chi connectivity index (χ0v) is 11.7. The first-order valence-electron chi connectivity index (χ1n) is 4.73. The molecule has 2 bridgehead atoms. The quantitative estimate of drug-likeness (QED) is 0.747. The summed E-state index contributed by atoms with van der Waals surface area (Å²) in [6, 6.07) is 0. The highest BCUT2D eigenvalue weighted by Crippen LogP contribution is 2.74. The molecule has 1 fully saturated rings. The van der Waals surface area contributed by atoms with Crippen LogP contribution in [0.2, 0.25) is 0 Å². The fraction of sp³-hybridized carbons (Fsp3) is 0.556. The van der Waals surface area contributed by atoms with Crippen molar-refractivity contribution in [2.24, 2.45) is 11.8 Å². The Kier molecular flexibility index (Phi) is 3.08. The van der Waals surface area contributed by atoms with Crippen LogP contribution in [0.1, 0.15) is 0 Å². The molecule has 1 saturated carbocycles. The highest BCUT2D eigenvalue weighted by Gasteiger charge is 2.88. The van der Waals surface area contributed by atoms with Crippen molar-refractivity contribution in [2.75, 3.05) is 0 Å². The third-order valence-electron chi connectivity index (χ3n) is 3.47. The SMILES string of the molecule is O=C(O)C1C(C(=O)O)C2(Cl)C(Cl)=C(Cl)C1(Cl)C2(F)F. The van der Waals surface area contributed by atoms with E-state index in [2.05, 4.69) is 0 Å². The Bertz CT molecular complexity index is 492. The summed E-state index contributed by atoms with van der Waals surface area (Å²) < 4.78 is 28.6. The second kappa shape index (κ2) is 3.87.